The number of carboxylic acid groups (broad SMARTS) is 1. The fraction of sp³-hybridized carbons (Fsp3) is 0.875. The van der Waals surface area contributed by atoms with Crippen LogP contribution in [0.1, 0.15) is 58.8 Å². The molecule has 1 saturated carbocycles. The van der Waals surface area contributed by atoms with E-state index in [4.69, 9.17) is 0 Å². The van der Waals surface area contributed by atoms with Gasteiger partial charge in [-0.3, -0.25) is 0 Å². The van der Waals surface area contributed by atoms with E-state index in [1.54, 1.807) is 0 Å². The molecule has 0 bridgehead atoms. The average Bonchev–Trinajstić information content (AvgIpc) is 2.47. The summed E-state index contributed by atoms with van der Waals surface area (Å²) >= 11 is 0. The van der Waals surface area contributed by atoms with Gasteiger partial charge < -0.3 is 15.3 Å². The number of piperidine rings is 1. The Morgan fingerprint density at radius 3 is 2.38 bits per heavy atom. The van der Waals surface area contributed by atoms with E-state index in [9.17, 15) is 14.7 Å². The second-order valence-electron chi connectivity index (χ2n) is 6.85. The van der Waals surface area contributed by atoms with Gasteiger partial charge in [-0.05, 0) is 44.4 Å². The highest BCUT2D eigenvalue weighted by molar-refractivity contribution is 5.83. The average molecular weight is 296 g/mol. The first kappa shape index (κ1) is 16.1. The van der Waals surface area contributed by atoms with Crippen molar-refractivity contribution in [3.63, 3.8) is 0 Å². The van der Waals surface area contributed by atoms with Crippen molar-refractivity contribution >= 4 is 12.0 Å². The zero-order valence-corrected chi connectivity index (χ0v) is 13.2. The van der Waals surface area contributed by atoms with Crippen LogP contribution in [0.15, 0.2) is 0 Å². The van der Waals surface area contributed by atoms with Gasteiger partial charge in [-0.25, -0.2) is 9.59 Å². The topological polar surface area (TPSA) is 69.6 Å². The molecule has 0 aromatic heterocycles. The number of rotatable bonds is 3. The largest absolute Gasteiger partial charge is 0.480 e. The Morgan fingerprint density at radius 2 is 1.76 bits per heavy atom. The van der Waals surface area contributed by atoms with Crippen molar-refractivity contribution in [2.75, 3.05) is 6.54 Å². The SMILES string of the molecule is CC1CCC(C)N(C(=O)NC(C(=O)O)C2CCCCC2)C1. The third kappa shape index (κ3) is 4.11. The van der Waals surface area contributed by atoms with Crippen molar-refractivity contribution in [2.24, 2.45) is 11.8 Å². The van der Waals surface area contributed by atoms with Gasteiger partial charge in [0.25, 0.3) is 0 Å². The molecule has 2 N–H and O–H groups in total. The van der Waals surface area contributed by atoms with Crippen molar-refractivity contribution in [1.82, 2.24) is 10.2 Å². The van der Waals surface area contributed by atoms with E-state index in [0.717, 1.165) is 45.1 Å². The summed E-state index contributed by atoms with van der Waals surface area (Å²) < 4.78 is 0. The molecule has 1 aliphatic carbocycles. The summed E-state index contributed by atoms with van der Waals surface area (Å²) in [6.45, 7) is 4.91. The van der Waals surface area contributed by atoms with Gasteiger partial charge in [0.1, 0.15) is 6.04 Å². The van der Waals surface area contributed by atoms with Crippen molar-refractivity contribution in [3.05, 3.63) is 0 Å². The van der Waals surface area contributed by atoms with Crippen molar-refractivity contribution < 1.29 is 14.7 Å². The maximum Gasteiger partial charge on any atom is 0.326 e. The molecule has 1 aliphatic heterocycles. The van der Waals surface area contributed by atoms with Crippen LogP contribution in [0.25, 0.3) is 0 Å². The molecule has 2 fully saturated rings. The fourth-order valence-corrected chi connectivity index (χ4v) is 3.64. The molecule has 0 aromatic carbocycles. The number of carbonyl (C=O) groups excluding carboxylic acids is 1. The first-order valence-electron chi connectivity index (χ1n) is 8.29. The van der Waals surface area contributed by atoms with Crippen LogP contribution in [0.2, 0.25) is 0 Å². The summed E-state index contributed by atoms with van der Waals surface area (Å²) in [4.78, 5) is 25.8. The van der Waals surface area contributed by atoms with Gasteiger partial charge in [-0.2, -0.15) is 0 Å². The summed E-state index contributed by atoms with van der Waals surface area (Å²) in [6.07, 6.45) is 7.26. The molecule has 2 rings (SSSR count). The molecule has 0 radical (unpaired) electrons. The van der Waals surface area contributed by atoms with Crippen LogP contribution in [0, 0.1) is 11.8 Å². The van der Waals surface area contributed by atoms with E-state index in [1.165, 1.54) is 6.42 Å². The monoisotopic (exact) mass is 296 g/mol. The number of likely N-dealkylation sites (tertiary alicyclic amines) is 1. The van der Waals surface area contributed by atoms with Crippen LogP contribution >= 0.6 is 0 Å². The minimum Gasteiger partial charge on any atom is -0.480 e. The molecule has 1 saturated heterocycles. The zero-order chi connectivity index (χ0) is 15.4. The standard InChI is InChI=1S/C16H28N2O3/c1-11-8-9-12(2)18(10-11)16(21)17-14(15(19)20)13-6-4-3-5-7-13/h11-14H,3-10H2,1-2H3,(H,17,21)(H,19,20). The summed E-state index contributed by atoms with van der Waals surface area (Å²) in [7, 11) is 0. The van der Waals surface area contributed by atoms with E-state index in [2.05, 4.69) is 12.2 Å². The highest BCUT2D eigenvalue weighted by Gasteiger charge is 2.34. The van der Waals surface area contributed by atoms with Crippen LogP contribution < -0.4 is 5.32 Å². The highest BCUT2D eigenvalue weighted by atomic mass is 16.4. The number of nitrogens with zero attached hydrogens (tertiary/aromatic N) is 1. The molecular formula is C16H28N2O3. The number of urea groups is 1. The minimum atomic E-state index is -0.895. The normalized spacial score (nSPS) is 29.0. The molecule has 3 unspecified atom stereocenters. The summed E-state index contributed by atoms with van der Waals surface area (Å²) in [5, 5.41) is 12.3. The molecular weight excluding hydrogens is 268 g/mol. The maximum absolute atomic E-state index is 12.5. The van der Waals surface area contributed by atoms with Gasteiger partial charge in [0, 0.05) is 12.6 Å². The molecule has 2 aliphatic rings. The van der Waals surface area contributed by atoms with Gasteiger partial charge >= 0.3 is 12.0 Å². The van der Waals surface area contributed by atoms with E-state index >= 15 is 0 Å². The number of carboxylic acids is 1. The first-order valence-corrected chi connectivity index (χ1v) is 8.29. The second kappa shape index (κ2) is 7.14. The molecule has 2 amide bonds. The Kier molecular flexibility index (Phi) is 5.48. The smallest absolute Gasteiger partial charge is 0.326 e. The van der Waals surface area contributed by atoms with Crippen molar-refractivity contribution in [2.45, 2.75) is 70.9 Å². The van der Waals surface area contributed by atoms with Gasteiger partial charge in [0.2, 0.25) is 0 Å². The molecule has 0 spiro atoms. The fourth-order valence-electron chi connectivity index (χ4n) is 3.64. The third-order valence-corrected chi connectivity index (χ3v) is 5.04. The minimum absolute atomic E-state index is 0.0812. The lowest BCUT2D eigenvalue weighted by molar-refractivity contribution is -0.141. The van der Waals surface area contributed by atoms with Gasteiger partial charge in [-0.15, -0.1) is 0 Å². The summed E-state index contributed by atoms with van der Waals surface area (Å²) in [5.41, 5.74) is 0. The van der Waals surface area contributed by atoms with Crippen LogP contribution in [0.3, 0.4) is 0 Å². The predicted octanol–water partition coefficient (Wildman–Crippen LogP) is 2.85. The molecule has 120 valence electrons. The lowest BCUT2D eigenvalue weighted by Gasteiger charge is -2.38. The zero-order valence-electron chi connectivity index (χ0n) is 13.2. The van der Waals surface area contributed by atoms with Crippen molar-refractivity contribution in [1.29, 1.82) is 0 Å². The number of hydrogen-bond donors (Lipinski definition) is 2. The molecule has 0 aromatic rings. The Balaban J connectivity index is 1.98. The van der Waals surface area contributed by atoms with Gasteiger partial charge in [-0.1, -0.05) is 26.2 Å². The van der Waals surface area contributed by atoms with Crippen LogP contribution in [0.5, 0.6) is 0 Å². The first-order chi connectivity index (χ1) is 9.99. The van der Waals surface area contributed by atoms with Crippen LogP contribution in [0.4, 0.5) is 4.79 Å². The summed E-state index contributed by atoms with van der Waals surface area (Å²) in [6, 6.07) is -0.740. The van der Waals surface area contributed by atoms with E-state index < -0.39 is 12.0 Å². The Hall–Kier alpha value is -1.26. The van der Waals surface area contributed by atoms with E-state index in [0.29, 0.717) is 5.92 Å². The van der Waals surface area contributed by atoms with E-state index in [1.807, 2.05) is 11.8 Å². The molecule has 21 heavy (non-hydrogen) atoms. The lowest BCUT2D eigenvalue weighted by Crippen LogP contribution is -2.55. The molecule has 5 nitrogen and oxygen atoms in total. The quantitative estimate of drug-likeness (QED) is 0.841. The Labute approximate surface area is 127 Å². The molecule has 1 heterocycles. The van der Waals surface area contributed by atoms with Gasteiger partial charge in [0.15, 0.2) is 0 Å². The van der Waals surface area contributed by atoms with Gasteiger partial charge in [0.05, 0.1) is 0 Å². The second-order valence-corrected chi connectivity index (χ2v) is 6.85. The number of amides is 2. The highest BCUT2D eigenvalue weighted by Crippen LogP contribution is 2.27. The van der Waals surface area contributed by atoms with Crippen molar-refractivity contribution in [3.8, 4) is 0 Å². The summed E-state index contributed by atoms with van der Waals surface area (Å²) in [5.74, 6) is -0.324. The number of carbonyl (C=O) groups is 2. The lowest BCUT2D eigenvalue weighted by atomic mass is 9.84. The Morgan fingerprint density at radius 1 is 1.10 bits per heavy atom. The third-order valence-electron chi connectivity index (χ3n) is 5.04. The molecule has 3 atom stereocenters. The Bertz CT molecular complexity index is 380. The predicted molar refractivity (Wildman–Crippen MR) is 81.1 cm³/mol. The van der Waals surface area contributed by atoms with Crippen LogP contribution in [-0.2, 0) is 4.79 Å². The maximum atomic E-state index is 12.5. The van der Waals surface area contributed by atoms with Crippen LogP contribution in [-0.4, -0.2) is 40.6 Å². The number of nitrogens with one attached hydrogen (secondary N) is 1. The number of aliphatic carboxylic acids is 1. The van der Waals surface area contributed by atoms with E-state index in [-0.39, 0.29) is 18.0 Å². The molecule has 5 heteroatoms. The number of hydrogen-bond acceptors (Lipinski definition) is 2.